The fourth-order valence-electron chi connectivity index (χ4n) is 3.20. The summed E-state index contributed by atoms with van der Waals surface area (Å²) < 4.78 is 0. The second-order valence-electron chi connectivity index (χ2n) is 6.28. The Hall–Kier alpha value is -2.62. The Morgan fingerprint density at radius 3 is 2.79 bits per heavy atom. The monoisotopic (exact) mass is 322 g/mol. The SMILES string of the molecule is CCc1cccc(C)c1NC(=O)Cc1ccc2c(c1)CC(=O)N2C. The third-order valence-electron chi connectivity index (χ3n) is 4.59. The number of nitrogens with zero attached hydrogens (tertiary/aromatic N) is 1. The largest absolute Gasteiger partial charge is 0.325 e. The molecule has 124 valence electrons. The van der Waals surface area contributed by atoms with Crippen molar-refractivity contribution in [1.82, 2.24) is 0 Å². The Kier molecular flexibility index (Phi) is 4.38. The fourth-order valence-corrected chi connectivity index (χ4v) is 3.20. The average Bonchev–Trinajstić information content (AvgIpc) is 2.83. The van der Waals surface area contributed by atoms with Gasteiger partial charge in [-0.05, 0) is 41.7 Å². The molecule has 24 heavy (non-hydrogen) atoms. The van der Waals surface area contributed by atoms with Crippen molar-refractivity contribution in [3.8, 4) is 0 Å². The third-order valence-corrected chi connectivity index (χ3v) is 4.59. The Balaban J connectivity index is 1.75. The van der Waals surface area contributed by atoms with Crippen molar-refractivity contribution in [2.24, 2.45) is 0 Å². The van der Waals surface area contributed by atoms with Gasteiger partial charge < -0.3 is 10.2 Å². The molecule has 4 nitrogen and oxygen atoms in total. The summed E-state index contributed by atoms with van der Waals surface area (Å²) in [6.45, 7) is 4.09. The lowest BCUT2D eigenvalue weighted by molar-refractivity contribution is -0.117. The summed E-state index contributed by atoms with van der Waals surface area (Å²) in [5, 5.41) is 3.05. The zero-order valence-corrected chi connectivity index (χ0v) is 14.3. The van der Waals surface area contributed by atoms with Gasteiger partial charge in [0.15, 0.2) is 0 Å². The zero-order chi connectivity index (χ0) is 17.3. The van der Waals surface area contributed by atoms with E-state index in [1.54, 1.807) is 11.9 Å². The molecule has 0 atom stereocenters. The van der Waals surface area contributed by atoms with Crippen LogP contribution in [0.3, 0.4) is 0 Å². The molecule has 0 spiro atoms. The molecule has 2 aromatic carbocycles. The quantitative estimate of drug-likeness (QED) is 0.939. The molecule has 0 aromatic heterocycles. The van der Waals surface area contributed by atoms with Crippen LogP contribution in [0.2, 0.25) is 0 Å². The van der Waals surface area contributed by atoms with E-state index in [4.69, 9.17) is 0 Å². The van der Waals surface area contributed by atoms with E-state index in [1.165, 1.54) is 0 Å². The topological polar surface area (TPSA) is 49.4 Å². The van der Waals surface area contributed by atoms with Gasteiger partial charge in [0.05, 0.1) is 12.8 Å². The van der Waals surface area contributed by atoms with Gasteiger partial charge in [0.2, 0.25) is 11.8 Å². The predicted octanol–water partition coefficient (Wildman–Crippen LogP) is 3.26. The summed E-state index contributed by atoms with van der Waals surface area (Å²) in [5.41, 5.74) is 6.00. The van der Waals surface area contributed by atoms with Gasteiger partial charge in [-0.25, -0.2) is 0 Å². The van der Waals surface area contributed by atoms with Crippen LogP contribution in [0.1, 0.15) is 29.2 Å². The third kappa shape index (κ3) is 3.04. The molecule has 1 aliphatic heterocycles. The Morgan fingerprint density at radius 1 is 1.25 bits per heavy atom. The lowest BCUT2D eigenvalue weighted by atomic mass is 10.0. The molecule has 2 aromatic rings. The lowest BCUT2D eigenvalue weighted by Gasteiger charge is -2.13. The first kappa shape index (κ1) is 16.2. The van der Waals surface area contributed by atoms with Gasteiger partial charge >= 0.3 is 0 Å². The van der Waals surface area contributed by atoms with E-state index in [-0.39, 0.29) is 11.8 Å². The number of para-hydroxylation sites is 1. The summed E-state index contributed by atoms with van der Waals surface area (Å²) in [6, 6.07) is 11.9. The predicted molar refractivity (Wildman–Crippen MR) is 96.4 cm³/mol. The van der Waals surface area contributed by atoms with Gasteiger partial charge in [-0.15, -0.1) is 0 Å². The molecule has 2 amide bonds. The molecule has 0 saturated carbocycles. The van der Waals surface area contributed by atoms with Crippen molar-refractivity contribution in [2.45, 2.75) is 33.1 Å². The van der Waals surface area contributed by atoms with E-state index in [2.05, 4.69) is 12.2 Å². The first-order chi connectivity index (χ1) is 11.5. The smallest absolute Gasteiger partial charge is 0.231 e. The number of carbonyl (C=O) groups is 2. The number of aryl methyl sites for hydroxylation is 2. The van der Waals surface area contributed by atoms with Crippen molar-refractivity contribution < 1.29 is 9.59 Å². The van der Waals surface area contributed by atoms with Crippen LogP contribution in [-0.4, -0.2) is 18.9 Å². The number of amides is 2. The Bertz CT molecular complexity index is 811. The number of fused-ring (bicyclic) bond motifs is 1. The van der Waals surface area contributed by atoms with Crippen LogP contribution < -0.4 is 10.2 Å². The molecule has 1 heterocycles. The second kappa shape index (κ2) is 6.48. The molecule has 0 aliphatic carbocycles. The summed E-state index contributed by atoms with van der Waals surface area (Å²) >= 11 is 0. The molecule has 1 aliphatic rings. The minimum atomic E-state index is -0.0309. The minimum Gasteiger partial charge on any atom is -0.325 e. The first-order valence-corrected chi connectivity index (χ1v) is 8.26. The standard InChI is InChI=1S/C20H22N2O2/c1-4-15-7-5-6-13(2)20(15)21-18(23)11-14-8-9-17-16(10-14)12-19(24)22(17)3/h5-10H,4,11-12H2,1-3H3,(H,21,23). The number of likely N-dealkylation sites (N-methyl/N-ethyl adjacent to an activating group) is 1. The number of rotatable bonds is 4. The highest BCUT2D eigenvalue weighted by Crippen LogP contribution is 2.28. The van der Waals surface area contributed by atoms with Crippen molar-refractivity contribution in [3.63, 3.8) is 0 Å². The van der Waals surface area contributed by atoms with Crippen molar-refractivity contribution in [2.75, 3.05) is 17.3 Å². The van der Waals surface area contributed by atoms with Crippen LogP contribution in [0.4, 0.5) is 11.4 Å². The molecule has 3 rings (SSSR count). The Labute approximate surface area is 142 Å². The Morgan fingerprint density at radius 2 is 2.04 bits per heavy atom. The van der Waals surface area contributed by atoms with Crippen LogP contribution in [-0.2, 0) is 28.9 Å². The summed E-state index contributed by atoms with van der Waals surface area (Å²) in [5.74, 6) is 0.0655. The van der Waals surface area contributed by atoms with E-state index in [1.807, 2.05) is 43.3 Å². The molecule has 0 fully saturated rings. The van der Waals surface area contributed by atoms with Gasteiger partial charge in [0.1, 0.15) is 0 Å². The van der Waals surface area contributed by atoms with E-state index in [0.29, 0.717) is 12.8 Å². The van der Waals surface area contributed by atoms with Gasteiger partial charge in [0, 0.05) is 18.4 Å². The molecular weight excluding hydrogens is 300 g/mol. The van der Waals surface area contributed by atoms with E-state index in [9.17, 15) is 9.59 Å². The van der Waals surface area contributed by atoms with Crippen LogP contribution in [0.5, 0.6) is 0 Å². The highest BCUT2D eigenvalue weighted by atomic mass is 16.2. The van der Waals surface area contributed by atoms with Gasteiger partial charge in [-0.3, -0.25) is 9.59 Å². The number of nitrogens with one attached hydrogen (secondary N) is 1. The van der Waals surface area contributed by atoms with Crippen LogP contribution in [0.25, 0.3) is 0 Å². The number of hydrogen-bond acceptors (Lipinski definition) is 2. The number of hydrogen-bond donors (Lipinski definition) is 1. The van der Waals surface area contributed by atoms with Crippen LogP contribution in [0, 0.1) is 6.92 Å². The summed E-state index contributed by atoms with van der Waals surface area (Å²) in [4.78, 5) is 25.9. The van der Waals surface area contributed by atoms with Crippen molar-refractivity contribution in [3.05, 3.63) is 58.7 Å². The van der Waals surface area contributed by atoms with E-state index < -0.39 is 0 Å². The highest BCUT2D eigenvalue weighted by molar-refractivity contribution is 6.01. The number of anilines is 2. The minimum absolute atomic E-state index is 0.0309. The zero-order valence-electron chi connectivity index (χ0n) is 14.3. The fraction of sp³-hybridized carbons (Fsp3) is 0.300. The highest BCUT2D eigenvalue weighted by Gasteiger charge is 2.24. The molecule has 0 saturated heterocycles. The van der Waals surface area contributed by atoms with E-state index in [0.717, 1.165) is 40.0 Å². The maximum absolute atomic E-state index is 12.4. The summed E-state index contributed by atoms with van der Waals surface area (Å²) in [6.07, 6.45) is 1.60. The maximum atomic E-state index is 12.4. The molecule has 4 heteroatoms. The first-order valence-electron chi connectivity index (χ1n) is 8.26. The lowest BCUT2D eigenvalue weighted by Crippen LogP contribution is -2.20. The maximum Gasteiger partial charge on any atom is 0.231 e. The molecular formula is C20H22N2O2. The van der Waals surface area contributed by atoms with Crippen molar-refractivity contribution in [1.29, 1.82) is 0 Å². The van der Waals surface area contributed by atoms with Crippen LogP contribution >= 0.6 is 0 Å². The summed E-state index contributed by atoms with van der Waals surface area (Å²) in [7, 11) is 1.78. The number of carbonyl (C=O) groups excluding carboxylic acids is 2. The van der Waals surface area contributed by atoms with Gasteiger partial charge in [-0.2, -0.15) is 0 Å². The molecule has 0 unspecified atom stereocenters. The normalized spacial score (nSPS) is 13.1. The van der Waals surface area contributed by atoms with Gasteiger partial charge in [0.25, 0.3) is 0 Å². The van der Waals surface area contributed by atoms with Crippen LogP contribution in [0.15, 0.2) is 36.4 Å². The van der Waals surface area contributed by atoms with Gasteiger partial charge in [-0.1, -0.05) is 37.3 Å². The molecule has 0 radical (unpaired) electrons. The molecule has 1 N–H and O–H groups in total. The number of benzene rings is 2. The average molecular weight is 322 g/mol. The van der Waals surface area contributed by atoms with Crippen molar-refractivity contribution >= 4 is 23.2 Å². The molecule has 0 bridgehead atoms. The van der Waals surface area contributed by atoms with E-state index >= 15 is 0 Å². The second-order valence-corrected chi connectivity index (χ2v) is 6.28.